The van der Waals surface area contributed by atoms with Crippen molar-refractivity contribution >= 4 is 17.7 Å². The minimum Gasteiger partial charge on any atom is -0.445 e. The van der Waals surface area contributed by atoms with E-state index in [1.165, 1.54) is 23.4 Å². The first-order chi connectivity index (χ1) is 19.8. The van der Waals surface area contributed by atoms with Gasteiger partial charge in [0.15, 0.2) is 17.4 Å². The zero-order valence-electron chi connectivity index (χ0n) is 21.4. The van der Waals surface area contributed by atoms with E-state index in [1.54, 1.807) is 12.1 Å². The number of carbonyl (C=O) groups is 1. The summed E-state index contributed by atoms with van der Waals surface area (Å²) >= 11 is 0. The second-order valence-corrected chi connectivity index (χ2v) is 9.24. The van der Waals surface area contributed by atoms with Crippen LogP contribution in [0, 0.1) is 17.5 Å². The van der Waals surface area contributed by atoms with Gasteiger partial charge >= 0.3 is 6.09 Å². The molecule has 1 amide bonds. The third-order valence-electron chi connectivity index (χ3n) is 6.27. The summed E-state index contributed by atoms with van der Waals surface area (Å²) in [6, 6.07) is 13.9. The first-order valence-electron chi connectivity index (χ1n) is 12.5. The van der Waals surface area contributed by atoms with Crippen LogP contribution in [0.2, 0.25) is 0 Å². The fourth-order valence-electron chi connectivity index (χ4n) is 4.30. The van der Waals surface area contributed by atoms with Crippen LogP contribution in [0.25, 0.3) is 11.3 Å². The van der Waals surface area contributed by atoms with E-state index in [-0.39, 0.29) is 49.2 Å². The van der Waals surface area contributed by atoms with Crippen molar-refractivity contribution in [3.63, 3.8) is 0 Å². The predicted octanol–water partition coefficient (Wildman–Crippen LogP) is 5.49. The maximum absolute atomic E-state index is 14.6. The molecule has 0 aliphatic carbocycles. The van der Waals surface area contributed by atoms with Crippen LogP contribution in [0.1, 0.15) is 12.0 Å². The van der Waals surface area contributed by atoms with E-state index in [2.05, 4.69) is 20.3 Å². The number of nitrogens with zero attached hydrogens (tertiary/aromatic N) is 4. The minimum absolute atomic E-state index is 0.0610. The summed E-state index contributed by atoms with van der Waals surface area (Å²) in [5, 5.41) is 3.03. The van der Waals surface area contributed by atoms with Crippen molar-refractivity contribution < 1.29 is 31.8 Å². The number of halogens is 4. The Bertz CT molecular complexity index is 1550. The number of aromatic nitrogens is 3. The molecule has 1 aliphatic rings. The van der Waals surface area contributed by atoms with Gasteiger partial charge in [-0.2, -0.15) is 4.39 Å². The predicted molar refractivity (Wildman–Crippen MR) is 141 cm³/mol. The van der Waals surface area contributed by atoms with Gasteiger partial charge in [0.2, 0.25) is 17.6 Å². The number of ether oxygens (including phenoxy) is 2. The number of hydrogen-bond acceptors (Lipinski definition) is 8. The zero-order valence-corrected chi connectivity index (χ0v) is 21.4. The standard InChI is InChI=1S/C28H24F4N6O3/c29-17-11-18(14-38(13-17)28(39)40-15-16-5-2-1-3-6-16)36-27-35-10-8-21(37-27)19-7-4-9-34-26(19)41-22-12-20(30)25(33)24(32)23(22)31/h1-10,12,17-18H,11,13-15,33H2,(H,35,36,37)/t17-,18-/m0/s1. The number of likely N-dealkylation sites (tertiary alicyclic amines) is 1. The molecule has 3 N–H and O–H groups in total. The van der Waals surface area contributed by atoms with Crippen molar-refractivity contribution in [2.24, 2.45) is 0 Å². The molecule has 3 heterocycles. The molecule has 0 spiro atoms. The molecule has 1 saturated heterocycles. The molecule has 212 valence electrons. The van der Waals surface area contributed by atoms with E-state index in [0.717, 1.165) is 5.56 Å². The Hall–Kier alpha value is -4.94. The molecule has 1 fully saturated rings. The zero-order chi connectivity index (χ0) is 28.9. The highest BCUT2D eigenvalue weighted by Gasteiger charge is 2.31. The number of alkyl halides is 1. The topological polar surface area (TPSA) is 115 Å². The van der Waals surface area contributed by atoms with Crippen LogP contribution in [0.15, 0.2) is 67.0 Å². The average molecular weight is 569 g/mol. The van der Waals surface area contributed by atoms with Gasteiger partial charge < -0.3 is 25.4 Å². The SMILES string of the molecule is Nc1c(F)cc(Oc2ncccc2-c2ccnc(N[C@H]3C[C@H](F)CN(C(=O)OCc4ccccc4)C3)n2)c(F)c1F. The van der Waals surface area contributed by atoms with Crippen molar-refractivity contribution in [3.05, 3.63) is 90.0 Å². The van der Waals surface area contributed by atoms with Gasteiger partial charge in [-0.05, 0) is 23.8 Å². The first kappa shape index (κ1) is 27.6. The summed E-state index contributed by atoms with van der Waals surface area (Å²) in [6.45, 7) is 0.105. The molecule has 0 radical (unpaired) electrons. The summed E-state index contributed by atoms with van der Waals surface area (Å²) in [5.41, 5.74) is 5.56. The highest BCUT2D eigenvalue weighted by molar-refractivity contribution is 5.68. The Morgan fingerprint density at radius 3 is 2.63 bits per heavy atom. The molecule has 13 heteroatoms. The third kappa shape index (κ3) is 6.45. The number of nitrogen functional groups attached to an aromatic ring is 1. The van der Waals surface area contributed by atoms with Crippen molar-refractivity contribution in [3.8, 4) is 22.9 Å². The van der Waals surface area contributed by atoms with E-state index in [9.17, 15) is 22.4 Å². The van der Waals surface area contributed by atoms with E-state index >= 15 is 0 Å². The number of anilines is 2. The van der Waals surface area contributed by atoms with Crippen molar-refractivity contribution in [2.45, 2.75) is 25.2 Å². The highest BCUT2D eigenvalue weighted by atomic mass is 19.2. The van der Waals surface area contributed by atoms with Crippen molar-refractivity contribution in [2.75, 3.05) is 24.1 Å². The van der Waals surface area contributed by atoms with Gasteiger partial charge in [0.25, 0.3) is 0 Å². The van der Waals surface area contributed by atoms with Gasteiger partial charge in [0.05, 0.1) is 17.8 Å². The smallest absolute Gasteiger partial charge is 0.410 e. The number of benzene rings is 2. The fraction of sp³-hybridized carbons (Fsp3) is 0.214. The van der Waals surface area contributed by atoms with Gasteiger partial charge in [-0.1, -0.05) is 30.3 Å². The lowest BCUT2D eigenvalue weighted by Crippen LogP contribution is -2.50. The van der Waals surface area contributed by atoms with Crippen LogP contribution < -0.4 is 15.8 Å². The normalized spacial score (nSPS) is 16.7. The molecule has 41 heavy (non-hydrogen) atoms. The molecule has 0 bridgehead atoms. The lowest BCUT2D eigenvalue weighted by Gasteiger charge is -2.34. The summed E-state index contributed by atoms with van der Waals surface area (Å²) in [7, 11) is 0. The number of nitrogens with one attached hydrogen (secondary N) is 1. The van der Waals surface area contributed by atoms with Gasteiger partial charge in [-0.15, -0.1) is 0 Å². The molecule has 2 atom stereocenters. The van der Waals surface area contributed by atoms with Gasteiger partial charge in [-0.3, -0.25) is 0 Å². The van der Waals surface area contributed by atoms with Crippen molar-refractivity contribution in [1.29, 1.82) is 0 Å². The number of piperidine rings is 1. The first-order valence-corrected chi connectivity index (χ1v) is 12.5. The largest absolute Gasteiger partial charge is 0.445 e. The van der Waals surface area contributed by atoms with E-state index in [4.69, 9.17) is 15.2 Å². The molecule has 2 aromatic heterocycles. The van der Waals surface area contributed by atoms with Crippen LogP contribution in [-0.4, -0.2) is 51.2 Å². The van der Waals surface area contributed by atoms with Crippen molar-refractivity contribution in [1.82, 2.24) is 19.9 Å². The molecule has 2 aromatic carbocycles. The second-order valence-electron chi connectivity index (χ2n) is 9.24. The van der Waals surface area contributed by atoms with Gasteiger partial charge in [0, 0.05) is 37.5 Å². The number of hydrogen-bond donors (Lipinski definition) is 2. The Morgan fingerprint density at radius 1 is 1.02 bits per heavy atom. The van der Waals surface area contributed by atoms with Crippen LogP contribution in [0.5, 0.6) is 11.6 Å². The van der Waals surface area contributed by atoms with Crippen LogP contribution in [0.4, 0.5) is 34.0 Å². The second kappa shape index (κ2) is 12.1. The van der Waals surface area contributed by atoms with E-state index in [1.807, 2.05) is 30.3 Å². The number of amides is 1. The maximum atomic E-state index is 14.6. The fourth-order valence-corrected chi connectivity index (χ4v) is 4.30. The van der Waals surface area contributed by atoms with E-state index < -0.39 is 47.2 Å². The number of rotatable bonds is 7. The number of pyridine rings is 1. The maximum Gasteiger partial charge on any atom is 0.410 e. The molecule has 5 rings (SSSR count). The summed E-state index contributed by atoms with van der Waals surface area (Å²) in [5.74, 6) is -5.07. The molecule has 0 saturated carbocycles. The molecule has 1 aliphatic heterocycles. The molecule has 0 unspecified atom stereocenters. The monoisotopic (exact) mass is 568 g/mol. The lowest BCUT2D eigenvalue weighted by atomic mass is 10.0. The lowest BCUT2D eigenvalue weighted by molar-refractivity contribution is 0.0685. The average Bonchev–Trinajstić information content (AvgIpc) is 2.98. The molecule has 4 aromatic rings. The Morgan fingerprint density at radius 2 is 1.83 bits per heavy atom. The Labute approximate surface area is 232 Å². The minimum atomic E-state index is -1.58. The molecule has 9 nitrogen and oxygen atoms in total. The summed E-state index contributed by atoms with van der Waals surface area (Å²) < 4.78 is 67.6. The summed E-state index contributed by atoms with van der Waals surface area (Å²) in [6.07, 6.45) is 0.924. The summed E-state index contributed by atoms with van der Waals surface area (Å²) in [4.78, 5) is 26.5. The molecular formula is C28H24F4N6O3. The van der Waals surface area contributed by atoms with Gasteiger partial charge in [0.1, 0.15) is 18.5 Å². The Balaban J connectivity index is 1.30. The number of carbonyl (C=O) groups excluding carboxylic acids is 1. The third-order valence-corrected chi connectivity index (χ3v) is 6.27. The van der Waals surface area contributed by atoms with E-state index in [0.29, 0.717) is 6.07 Å². The van der Waals surface area contributed by atoms with Crippen LogP contribution >= 0.6 is 0 Å². The molecular weight excluding hydrogens is 544 g/mol. The van der Waals surface area contributed by atoms with Crippen LogP contribution in [0.3, 0.4) is 0 Å². The van der Waals surface area contributed by atoms with Gasteiger partial charge in [-0.25, -0.2) is 32.9 Å². The Kier molecular flexibility index (Phi) is 8.13. The number of nitrogens with two attached hydrogens (primary N) is 1. The highest BCUT2D eigenvalue weighted by Crippen LogP contribution is 2.34. The quantitative estimate of drug-likeness (QED) is 0.171. The van der Waals surface area contributed by atoms with Crippen LogP contribution in [-0.2, 0) is 11.3 Å².